The molecule has 1 amide bonds. The van der Waals surface area contributed by atoms with Gasteiger partial charge < -0.3 is 5.32 Å². The number of carbonyl (C=O) groups excluding carboxylic acids is 1. The Labute approximate surface area is 156 Å². The molecule has 0 radical (unpaired) electrons. The molecule has 2 aromatic rings. The molecule has 1 heterocycles. The molecular weight excluding hydrogens is 379 g/mol. The van der Waals surface area contributed by atoms with Gasteiger partial charge in [-0.15, -0.1) is 0 Å². The molecule has 0 aromatic heterocycles. The van der Waals surface area contributed by atoms with Gasteiger partial charge in [-0.3, -0.25) is 4.79 Å². The van der Waals surface area contributed by atoms with Crippen molar-refractivity contribution in [3.63, 3.8) is 0 Å². The van der Waals surface area contributed by atoms with Crippen LogP contribution in [-0.2, 0) is 10.0 Å². The van der Waals surface area contributed by atoms with Crippen molar-refractivity contribution in [3.05, 3.63) is 58.4 Å². The fourth-order valence-corrected chi connectivity index (χ4v) is 4.57. The predicted octanol–water partition coefficient (Wildman–Crippen LogP) is 3.82. The Bertz CT molecular complexity index is 957. The van der Waals surface area contributed by atoms with Crippen molar-refractivity contribution in [1.82, 2.24) is 4.31 Å². The number of hydrogen-bond acceptors (Lipinski definition) is 3. The van der Waals surface area contributed by atoms with Gasteiger partial charge in [0.15, 0.2) is 0 Å². The van der Waals surface area contributed by atoms with Crippen LogP contribution in [0.5, 0.6) is 0 Å². The average Bonchev–Trinajstić information content (AvgIpc) is 3.13. The van der Waals surface area contributed by atoms with Gasteiger partial charge in [-0.1, -0.05) is 17.7 Å². The molecule has 0 unspecified atom stereocenters. The second-order valence-electron chi connectivity index (χ2n) is 6.19. The molecular formula is C18H18ClFN2O3S. The highest BCUT2D eigenvalue weighted by atomic mass is 35.5. The lowest BCUT2D eigenvalue weighted by Crippen LogP contribution is -2.28. The van der Waals surface area contributed by atoms with Gasteiger partial charge in [-0.05, 0) is 55.7 Å². The van der Waals surface area contributed by atoms with E-state index in [-0.39, 0.29) is 21.2 Å². The van der Waals surface area contributed by atoms with Crippen molar-refractivity contribution >= 4 is 33.2 Å². The number of carbonyl (C=O) groups is 1. The van der Waals surface area contributed by atoms with Gasteiger partial charge in [0.1, 0.15) is 5.82 Å². The van der Waals surface area contributed by atoms with E-state index in [1.807, 2.05) is 0 Å². The first kappa shape index (κ1) is 18.8. The Morgan fingerprint density at radius 1 is 1.15 bits per heavy atom. The van der Waals surface area contributed by atoms with Gasteiger partial charge in [-0.2, -0.15) is 4.31 Å². The van der Waals surface area contributed by atoms with E-state index in [1.54, 1.807) is 13.0 Å². The smallest absolute Gasteiger partial charge is 0.257 e. The summed E-state index contributed by atoms with van der Waals surface area (Å²) in [4.78, 5) is 12.5. The molecule has 3 rings (SSSR count). The second-order valence-corrected chi connectivity index (χ2v) is 8.54. The monoisotopic (exact) mass is 396 g/mol. The largest absolute Gasteiger partial charge is 0.319 e. The lowest BCUT2D eigenvalue weighted by molar-refractivity contribution is 0.102. The third-order valence-corrected chi connectivity index (χ3v) is 6.48. The molecule has 0 aliphatic carbocycles. The van der Waals surface area contributed by atoms with Crippen LogP contribution < -0.4 is 5.32 Å². The topological polar surface area (TPSA) is 66.5 Å². The summed E-state index contributed by atoms with van der Waals surface area (Å²) in [5, 5.41) is 2.53. The van der Waals surface area contributed by atoms with Gasteiger partial charge in [0, 0.05) is 13.1 Å². The molecule has 1 N–H and O–H groups in total. The number of benzene rings is 2. The summed E-state index contributed by atoms with van der Waals surface area (Å²) in [5.41, 5.74) is 0.702. The Morgan fingerprint density at radius 3 is 2.50 bits per heavy atom. The van der Waals surface area contributed by atoms with Crippen LogP contribution in [0.3, 0.4) is 0 Å². The number of amides is 1. The summed E-state index contributed by atoms with van der Waals surface area (Å²) >= 11 is 6.07. The molecule has 0 spiro atoms. The molecule has 5 nitrogen and oxygen atoms in total. The quantitative estimate of drug-likeness (QED) is 0.854. The fourth-order valence-electron chi connectivity index (χ4n) is 2.83. The summed E-state index contributed by atoms with van der Waals surface area (Å²) in [6.07, 6.45) is 1.62. The van der Waals surface area contributed by atoms with Crippen LogP contribution in [0.2, 0.25) is 5.02 Å². The van der Waals surface area contributed by atoms with E-state index in [4.69, 9.17) is 11.6 Å². The molecule has 0 saturated carbocycles. The fraction of sp³-hybridized carbons (Fsp3) is 0.278. The molecule has 1 aliphatic heterocycles. The van der Waals surface area contributed by atoms with Crippen LogP contribution in [0, 0.1) is 12.7 Å². The number of sulfonamides is 1. The molecule has 0 bridgehead atoms. The number of rotatable bonds is 4. The van der Waals surface area contributed by atoms with Crippen LogP contribution >= 0.6 is 11.6 Å². The Morgan fingerprint density at radius 2 is 1.85 bits per heavy atom. The van der Waals surface area contributed by atoms with Crippen molar-refractivity contribution in [3.8, 4) is 0 Å². The Balaban J connectivity index is 1.91. The number of nitrogens with one attached hydrogen (secondary N) is 1. The molecule has 1 saturated heterocycles. The molecule has 26 heavy (non-hydrogen) atoms. The van der Waals surface area contributed by atoms with Gasteiger partial charge in [-0.25, -0.2) is 12.8 Å². The third kappa shape index (κ3) is 3.75. The first-order valence-electron chi connectivity index (χ1n) is 8.16. The summed E-state index contributed by atoms with van der Waals surface area (Å²) < 4.78 is 40.7. The highest BCUT2D eigenvalue weighted by Gasteiger charge is 2.28. The third-order valence-electron chi connectivity index (χ3n) is 4.26. The molecule has 2 aromatic carbocycles. The van der Waals surface area contributed by atoms with E-state index in [2.05, 4.69) is 5.32 Å². The van der Waals surface area contributed by atoms with Gasteiger partial charge in [0.05, 0.1) is 21.2 Å². The van der Waals surface area contributed by atoms with E-state index in [0.717, 1.165) is 18.4 Å². The molecule has 138 valence electrons. The number of nitrogens with zero attached hydrogens (tertiary/aromatic N) is 1. The number of anilines is 1. The van der Waals surface area contributed by atoms with E-state index >= 15 is 0 Å². The lowest BCUT2D eigenvalue weighted by atomic mass is 10.2. The zero-order valence-corrected chi connectivity index (χ0v) is 15.7. The number of aryl methyl sites for hydroxylation is 1. The zero-order valence-electron chi connectivity index (χ0n) is 14.1. The van der Waals surface area contributed by atoms with Crippen molar-refractivity contribution in [2.75, 3.05) is 18.4 Å². The van der Waals surface area contributed by atoms with Crippen LogP contribution in [0.25, 0.3) is 0 Å². The maximum Gasteiger partial charge on any atom is 0.257 e. The predicted molar refractivity (Wildman–Crippen MR) is 98.5 cm³/mol. The summed E-state index contributed by atoms with van der Waals surface area (Å²) in [6, 6.07) is 8.38. The van der Waals surface area contributed by atoms with Gasteiger partial charge >= 0.3 is 0 Å². The first-order chi connectivity index (χ1) is 12.3. The highest BCUT2D eigenvalue weighted by molar-refractivity contribution is 7.89. The van der Waals surface area contributed by atoms with Crippen LogP contribution in [0.1, 0.15) is 28.8 Å². The van der Waals surface area contributed by atoms with Gasteiger partial charge in [0.2, 0.25) is 10.0 Å². The minimum Gasteiger partial charge on any atom is -0.319 e. The Kier molecular flexibility index (Phi) is 5.32. The van der Waals surface area contributed by atoms with E-state index < -0.39 is 21.7 Å². The summed E-state index contributed by atoms with van der Waals surface area (Å²) in [5.74, 6) is -1.24. The molecule has 1 aliphatic rings. The van der Waals surface area contributed by atoms with Crippen molar-refractivity contribution in [2.45, 2.75) is 24.7 Å². The van der Waals surface area contributed by atoms with Crippen LogP contribution in [-0.4, -0.2) is 31.7 Å². The van der Waals surface area contributed by atoms with Crippen molar-refractivity contribution in [1.29, 1.82) is 0 Å². The molecule has 0 atom stereocenters. The molecule has 8 heteroatoms. The molecule has 1 fully saturated rings. The van der Waals surface area contributed by atoms with Crippen molar-refractivity contribution < 1.29 is 17.6 Å². The number of halogens is 2. The second kappa shape index (κ2) is 7.34. The lowest BCUT2D eigenvalue weighted by Gasteiger charge is -2.16. The summed E-state index contributed by atoms with van der Waals surface area (Å²) in [6.45, 7) is 2.65. The van der Waals surface area contributed by atoms with Gasteiger partial charge in [0.25, 0.3) is 5.91 Å². The maximum atomic E-state index is 13.9. The SMILES string of the molecule is Cc1ccc(NC(=O)c2cc(S(=O)(=O)N3CCCC3)ccc2Cl)c(F)c1. The minimum atomic E-state index is -3.68. The minimum absolute atomic E-state index is 0.00155. The van der Waals surface area contributed by atoms with Crippen molar-refractivity contribution in [2.24, 2.45) is 0 Å². The first-order valence-corrected chi connectivity index (χ1v) is 9.98. The highest BCUT2D eigenvalue weighted by Crippen LogP contribution is 2.26. The summed E-state index contributed by atoms with van der Waals surface area (Å²) in [7, 11) is -3.68. The Hall–Kier alpha value is -1.96. The maximum absolute atomic E-state index is 13.9. The van der Waals surface area contributed by atoms with Crippen LogP contribution in [0.15, 0.2) is 41.3 Å². The average molecular weight is 397 g/mol. The normalized spacial score (nSPS) is 15.2. The number of hydrogen-bond donors (Lipinski definition) is 1. The van der Waals surface area contributed by atoms with E-state index in [9.17, 15) is 17.6 Å². The van der Waals surface area contributed by atoms with E-state index in [0.29, 0.717) is 13.1 Å². The van der Waals surface area contributed by atoms with Crippen LogP contribution in [0.4, 0.5) is 10.1 Å². The zero-order chi connectivity index (χ0) is 18.9. The van der Waals surface area contributed by atoms with E-state index in [1.165, 1.54) is 34.6 Å². The standard InChI is InChI=1S/C18H18ClFN2O3S/c1-12-4-7-17(16(20)10-12)21-18(23)14-11-13(5-6-15(14)19)26(24,25)22-8-2-3-9-22/h4-7,10-11H,2-3,8-9H2,1H3,(H,21,23).